The van der Waals surface area contributed by atoms with E-state index in [-0.39, 0.29) is 35.0 Å². The Balaban J connectivity index is 1.78. The summed E-state index contributed by atoms with van der Waals surface area (Å²) in [5.74, 6) is -2.45. The van der Waals surface area contributed by atoms with Crippen LogP contribution >= 0.6 is 0 Å². The average Bonchev–Trinajstić information content (AvgIpc) is 2.66. The summed E-state index contributed by atoms with van der Waals surface area (Å²) in [4.78, 5) is 10.1. The van der Waals surface area contributed by atoms with Gasteiger partial charge >= 0.3 is 0 Å². The van der Waals surface area contributed by atoms with Crippen molar-refractivity contribution in [3.8, 4) is 11.5 Å². The topological polar surface area (TPSA) is 105 Å². The lowest BCUT2D eigenvalue weighted by molar-refractivity contribution is 0.109. The third-order valence-electron chi connectivity index (χ3n) is 4.93. The zero-order valence-corrected chi connectivity index (χ0v) is 16.9. The number of fused-ring (bicyclic) bond motifs is 1. The number of nitrogens with one attached hydrogen (secondary N) is 1. The number of alkyl halides is 2. The first-order valence-corrected chi connectivity index (χ1v) is 11.1. The van der Waals surface area contributed by atoms with E-state index in [1.165, 1.54) is 18.1 Å². The van der Waals surface area contributed by atoms with Crippen molar-refractivity contribution in [3.63, 3.8) is 0 Å². The van der Waals surface area contributed by atoms with E-state index >= 15 is 0 Å². The quantitative estimate of drug-likeness (QED) is 0.751. The number of rotatable bonds is 4. The normalized spacial score (nSPS) is 22.2. The molecule has 0 saturated carbocycles. The fraction of sp³-hybridized carbons (Fsp3) is 0.368. The van der Waals surface area contributed by atoms with Gasteiger partial charge in [-0.3, -0.25) is 4.90 Å². The molecule has 1 fully saturated rings. The number of hydrogen-bond acceptors (Lipinski definition) is 8. The van der Waals surface area contributed by atoms with Crippen LogP contribution < -0.4 is 15.0 Å². The Morgan fingerprint density at radius 1 is 1.27 bits per heavy atom. The second-order valence-electron chi connectivity index (χ2n) is 7.22. The predicted octanol–water partition coefficient (Wildman–Crippen LogP) is 2.82. The molecule has 1 unspecified atom stereocenters. The molecule has 0 bridgehead atoms. The Labute approximate surface area is 171 Å². The number of methoxy groups -OCH3 is 1. The molecule has 8 nitrogen and oxygen atoms in total. The minimum absolute atomic E-state index is 0.0290. The van der Waals surface area contributed by atoms with E-state index in [9.17, 15) is 22.3 Å². The molecule has 160 valence electrons. The van der Waals surface area contributed by atoms with Crippen molar-refractivity contribution < 1.29 is 27.0 Å². The van der Waals surface area contributed by atoms with Gasteiger partial charge in [-0.15, -0.1) is 0 Å². The van der Waals surface area contributed by atoms with Crippen LogP contribution in [0.5, 0.6) is 11.5 Å². The van der Waals surface area contributed by atoms with Gasteiger partial charge in [-0.25, -0.2) is 13.4 Å². The van der Waals surface area contributed by atoms with Crippen LogP contribution in [0.3, 0.4) is 0 Å². The van der Waals surface area contributed by atoms with Gasteiger partial charge in [0.15, 0.2) is 21.3 Å². The molecule has 0 radical (unpaired) electrons. The van der Waals surface area contributed by atoms with E-state index < -0.39 is 15.8 Å². The van der Waals surface area contributed by atoms with Crippen LogP contribution in [0.25, 0.3) is 10.9 Å². The summed E-state index contributed by atoms with van der Waals surface area (Å²) in [6.07, 6.45) is 4.91. The Morgan fingerprint density at radius 3 is 2.67 bits per heavy atom. The van der Waals surface area contributed by atoms with E-state index in [1.807, 2.05) is 0 Å². The van der Waals surface area contributed by atoms with E-state index in [0.717, 1.165) is 12.4 Å². The first kappa shape index (κ1) is 20.3. The van der Waals surface area contributed by atoms with Crippen molar-refractivity contribution in [3.05, 3.63) is 36.7 Å². The van der Waals surface area contributed by atoms with Crippen LogP contribution in [0.4, 0.5) is 20.5 Å². The van der Waals surface area contributed by atoms with Gasteiger partial charge in [-0.2, -0.15) is 13.8 Å². The maximum atomic E-state index is 13.4. The number of aromatic nitrogens is 2. The number of ether oxygens (including phenoxy) is 1. The summed E-state index contributed by atoms with van der Waals surface area (Å²) in [6.45, 7) is 0. The molecule has 2 aliphatic heterocycles. The molecule has 0 aliphatic carbocycles. The molecule has 1 aromatic heterocycles. The van der Waals surface area contributed by atoms with Crippen molar-refractivity contribution >= 4 is 32.5 Å². The lowest BCUT2D eigenvalue weighted by atomic mass is 10.1. The molecule has 4 rings (SSSR count). The van der Waals surface area contributed by atoms with Gasteiger partial charge in [0.1, 0.15) is 5.82 Å². The first-order valence-electron chi connectivity index (χ1n) is 9.26. The number of phenolic OH excluding ortho intramolecular Hbond substituents is 1. The Bertz CT molecular complexity index is 1130. The van der Waals surface area contributed by atoms with Crippen LogP contribution in [0.15, 0.2) is 36.7 Å². The lowest BCUT2D eigenvalue weighted by Gasteiger charge is -2.25. The summed E-state index contributed by atoms with van der Waals surface area (Å²) in [5, 5.41) is 13.8. The SMILES string of the molecule is COc1cc2c(NC3CCCS(=O)(=O)C3)nc(N3C=CC(F)(F)C=C3)nc2cc1O. The van der Waals surface area contributed by atoms with Crippen LogP contribution in [-0.4, -0.2) is 54.1 Å². The number of halogens is 2. The van der Waals surface area contributed by atoms with Crippen LogP contribution in [-0.2, 0) is 9.84 Å². The summed E-state index contributed by atoms with van der Waals surface area (Å²) in [6, 6.07) is 2.57. The lowest BCUT2D eigenvalue weighted by Crippen LogP contribution is -2.35. The van der Waals surface area contributed by atoms with Crippen molar-refractivity contribution in [2.45, 2.75) is 24.8 Å². The van der Waals surface area contributed by atoms with Crippen molar-refractivity contribution in [1.29, 1.82) is 0 Å². The average molecular weight is 438 g/mol. The molecule has 1 saturated heterocycles. The van der Waals surface area contributed by atoms with Gasteiger partial charge in [0.25, 0.3) is 5.92 Å². The number of benzene rings is 1. The maximum Gasteiger partial charge on any atom is 0.288 e. The highest BCUT2D eigenvalue weighted by molar-refractivity contribution is 7.91. The second kappa shape index (κ2) is 7.38. The van der Waals surface area contributed by atoms with E-state index in [1.54, 1.807) is 6.07 Å². The third-order valence-corrected chi connectivity index (χ3v) is 6.76. The molecule has 1 aromatic carbocycles. The maximum absolute atomic E-state index is 13.4. The van der Waals surface area contributed by atoms with Crippen molar-refractivity contribution in [2.24, 2.45) is 0 Å². The molecule has 2 aliphatic rings. The standard InChI is InChI=1S/C19H20F2N4O4S/c1-29-16-9-13-14(10-15(16)26)23-18(25-6-4-19(20,21)5-7-25)24-17(13)22-12-3-2-8-30(27,28)11-12/h4-7,9-10,12,26H,2-3,8,11H2,1H3,(H,22,23,24). The molecule has 2 N–H and O–H groups in total. The van der Waals surface area contributed by atoms with Gasteiger partial charge < -0.3 is 15.2 Å². The first-order chi connectivity index (χ1) is 14.2. The van der Waals surface area contributed by atoms with Crippen LogP contribution in [0.2, 0.25) is 0 Å². The molecule has 1 atom stereocenters. The Hall–Kier alpha value is -2.95. The number of hydrogen-bond donors (Lipinski definition) is 2. The number of allylic oxidation sites excluding steroid dienone is 2. The molecule has 0 amide bonds. The minimum Gasteiger partial charge on any atom is -0.504 e. The summed E-state index contributed by atoms with van der Waals surface area (Å²) in [7, 11) is -1.75. The fourth-order valence-corrected chi connectivity index (χ4v) is 5.09. The Kier molecular flexibility index (Phi) is 5.00. The number of aromatic hydroxyl groups is 1. The predicted molar refractivity (Wildman–Crippen MR) is 109 cm³/mol. The van der Waals surface area contributed by atoms with Crippen molar-refractivity contribution in [2.75, 3.05) is 28.8 Å². The number of sulfone groups is 1. The van der Waals surface area contributed by atoms with E-state index in [2.05, 4.69) is 15.3 Å². The number of phenols is 1. The zero-order chi connectivity index (χ0) is 21.5. The zero-order valence-electron chi connectivity index (χ0n) is 16.0. The second-order valence-corrected chi connectivity index (χ2v) is 9.45. The van der Waals surface area contributed by atoms with Gasteiger partial charge in [-0.1, -0.05) is 0 Å². The van der Waals surface area contributed by atoms with E-state index in [4.69, 9.17) is 4.74 Å². The smallest absolute Gasteiger partial charge is 0.288 e. The monoisotopic (exact) mass is 438 g/mol. The Morgan fingerprint density at radius 2 is 2.00 bits per heavy atom. The molecule has 0 spiro atoms. The molecular formula is C19H20F2N4O4S. The third kappa shape index (κ3) is 4.16. The van der Waals surface area contributed by atoms with Gasteiger partial charge in [0, 0.05) is 42.0 Å². The summed E-state index contributed by atoms with van der Waals surface area (Å²) < 4.78 is 56.0. The highest BCUT2D eigenvalue weighted by atomic mass is 32.2. The van der Waals surface area contributed by atoms with Crippen LogP contribution in [0.1, 0.15) is 12.8 Å². The van der Waals surface area contributed by atoms with Gasteiger partial charge in [-0.05, 0) is 18.9 Å². The van der Waals surface area contributed by atoms with Crippen LogP contribution in [0, 0.1) is 0 Å². The summed E-state index contributed by atoms with van der Waals surface area (Å²) >= 11 is 0. The summed E-state index contributed by atoms with van der Waals surface area (Å²) in [5.41, 5.74) is 0.346. The highest BCUT2D eigenvalue weighted by Gasteiger charge is 2.28. The molecule has 30 heavy (non-hydrogen) atoms. The van der Waals surface area contributed by atoms with Gasteiger partial charge in [0.2, 0.25) is 5.95 Å². The molecule has 2 aromatic rings. The van der Waals surface area contributed by atoms with Gasteiger partial charge in [0.05, 0.1) is 24.1 Å². The fourth-order valence-electron chi connectivity index (χ4n) is 3.45. The molecular weight excluding hydrogens is 418 g/mol. The number of anilines is 2. The number of nitrogens with zero attached hydrogens (tertiary/aromatic N) is 3. The molecule has 3 heterocycles. The minimum atomic E-state index is -3.16. The largest absolute Gasteiger partial charge is 0.504 e. The molecule has 11 heteroatoms. The van der Waals surface area contributed by atoms with E-state index in [0.29, 0.717) is 41.7 Å². The highest BCUT2D eigenvalue weighted by Crippen LogP contribution is 2.35. The van der Waals surface area contributed by atoms with Crippen molar-refractivity contribution in [1.82, 2.24) is 9.97 Å².